The van der Waals surface area contributed by atoms with Crippen LogP contribution in [0.5, 0.6) is 11.5 Å². The van der Waals surface area contributed by atoms with Crippen LogP contribution in [0.25, 0.3) is 0 Å². The molecule has 0 aliphatic heterocycles. The van der Waals surface area contributed by atoms with Crippen LogP contribution in [0.2, 0.25) is 0 Å². The summed E-state index contributed by atoms with van der Waals surface area (Å²) < 4.78 is 11.4. The fourth-order valence-electron chi connectivity index (χ4n) is 1.95. The number of ether oxygens (including phenoxy) is 2. The summed E-state index contributed by atoms with van der Waals surface area (Å²) in [4.78, 5) is 0. The Kier molecular flexibility index (Phi) is 5.44. The SMILES string of the molecule is CNC(C)c1ccccc1OCCOc1ccccc1. The van der Waals surface area contributed by atoms with E-state index in [1.807, 2.05) is 55.6 Å². The van der Waals surface area contributed by atoms with Crippen LogP contribution in [0.4, 0.5) is 0 Å². The van der Waals surface area contributed by atoms with E-state index in [0.717, 1.165) is 17.1 Å². The summed E-state index contributed by atoms with van der Waals surface area (Å²) in [6, 6.07) is 18.1. The summed E-state index contributed by atoms with van der Waals surface area (Å²) in [5.74, 6) is 1.78. The molecule has 2 rings (SSSR count). The van der Waals surface area contributed by atoms with Gasteiger partial charge >= 0.3 is 0 Å². The molecule has 2 aromatic rings. The van der Waals surface area contributed by atoms with Crippen LogP contribution in [-0.4, -0.2) is 20.3 Å². The first-order valence-corrected chi connectivity index (χ1v) is 6.88. The smallest absolute Gasteiger partial charge is 0.124 e. The van der Waals surface area contributed by atoms with Crippen molar-refractivity contribution in [1.29, 1.82) is 0 Å². The van der Waals surface area contributed by atoms with E-state index in [0.29, 0.717) is 13.2 Å². The Labute approximate surface area is 120 Å². The van der Waals surface area contributed by atoms with E-state index >= 15 is 0 Å². The van der Waals surface area contributed by atoms with Gasteiger partial charge in [-0.3, -0.25) is 0 Å². The Bertz CT molecular complexity index is 513. The minimum absolute atomic E-state index is 0.265. The van der Waals surface area contributed by atoms with Gasteiger partial charge in [-0.05, 0) is 32.2 Å². The number of hydrogen-bond donors (Lipinski definition) is 1. The first kappa shape index (κ1) is 14.4. The van der Waals surface area contributed by atoms with Crippen LogP contribution in [0.15, 0.2) is 54.6 Å². The molecule has 3 nitrogen and oxygen atoms in total. The molecule has 1 unspecified atom stereocenters. The van der Waals surface area contributed by atoms with Crippen molar-refractivity contribution in [1.82, 2.24) is 5.32 Å². The molecule has 1 atom stereocenters. The Morgan fingerprint density at radius 2 is 1.55 bits per heavy atom. The van der Waals surface area contributed by atoms with Gasteiger partial charge in [-0.2, -0.15) is 0 Å². The van der Waals surface area contributed by atoms with Gasteiger partial charge in [-0.1, -0.05) is 36.4 Å². The Morgan fingerprint density at radius 1 is 0.900 bits per heavy atom. The monoisotopic (exact) mass is 271 g/mol. The highest BCUT2D eigenvalue weighted by molar-refractivity contribution is 5.35. The molecule has 20 heavy (non-hydrogen) atoms. The van der Waals surface area contributed by atoms with Crippen molar-refractivity contribution in [2.24, 2.45) is 0 Å². The maximum Gasteiger partial charge on any atom is 0.124 e. The molecule has 0 heterocycles. The molecule has 106 valence electrons. The molecule has 1 N–H and O–H groups in total. The standard InChI is InChI=1S/C17H21NO2/c1-14(18-2)16-10-6-7-11-17(16)20-13-12-19-15-8-4-3-5-9-15/h3-11,14,18H,12-13H2,1-2H3. The third kappa shape index (κ3) is 4.00. The number of benzene rings is 2. The number of rotatable bonds is 7. The fourth-order valence-corrected chi connectivity index (χ4v) is 1.95. The van der Waals surface area contributed by atoms with Crippen LogP contribution in [0.3, 0.4) is 0 Å². The van der Waals surface area contributed by atoms with E-state index in [4.69, 9.17) is 9.47 Å². The number of hydrogen-bond acceptors (Lipinski definition) is 3. The molecule has 2 aromatic carbocycles. The molecular formula is C17H21NO2. The molecule has 0 amide bonds. The summed E-state index contributed by atoms with van der Waals surface area (Å²) in [5.41, 5.74) is 1.16. The van der Waals surface area contributed by atoms with Gasteiger partial charge in [-0.25, -0.2) is 0 Å². The van der Waals surface area contributed by atoms with E-state index in [-0.39, 0.29) is 6.04 Å². The predicted molar refractivity (Wildman–Crippen MR) is 81.3 cm³/mol. The normalized spacial score (nSPS) is 11.9. The lowest BCUT2D eigenvalue weighted by Gasteiger charge is -2.16. The molecule has 0 fully saturated rings. The van der Waals surface area contributed by atoms with Crippen LogP contribution in [0.1, 0.15) is 18.5 Å². The van der Waals surface area contributed by atoms with Crippen molar-refractivity contribution in [3.05, 3.63) is 60.2 Å². The summed E-state index contributed by atoms with van der Waals surface area (Å²) in [5, 5.41) is 3.23. The molecule has 0 aliphatic rings. The molecule has 0 aliphatic carbocycles. The highest BCUT2D eigenvalue weighted by Crippen LogP contribution is 2.24. The van der Waals surface area contributed by atoms with E-state index < -0.39 is 0 Å². The zero-order valence-corrected chi connectivity index (χ0v) is 12.0. The minimum Gasteiger partial charge on any atom is -0.490 e. The highest BCUT2D eigenvalue weighted by atomic mass is 16.5. The molecule has 0 saturated heterocycles. The van der Waals surface area contributed by atoms with Crippen LogP contribution >= 0.6 is 0 Å². The van der Waals surface area contributed by atoms with Gasteiger partial charge < -0.3 is 14.8 Å². The second-order valence-corrected chi connectivity index (χ2v) is 4.56. The van der Waals surface area contributed by atoms with Crippen LogP contribution in [0, 0.1) is 0 Å². The van der Waals surface area contributed by atoms with Gasteiger partial charge in [-0.15, -0.1) is 0 Å². The van der Waals surface area contributed by atoms with Crippen molar-refractivity contribution in [3.8, 4) is 11.5 Å². The predicted octanol–water partition coefficient (Wildman–Crippen LogP) is 3.42. The molecule has 0 aromatic heterocycles. The molecule has 0 bridgehead atoms. The maximum atomic E-state index is 5.82. The van der Waals surface area contributed by atoms with Gasteiger partial charge in [0.2, 0.25) is 0 Å². The topological polar surface area (TPSA) is 30.5 Å². The highest BCUT2D eigenvalue weighted by Gasteiger charge is 2.08. The van der Waals surface area contributed by atoms with Crippen LogP contribution in [-0.2, 0) is 0 Å². The van der Waals surface area contributed by atoms with Crippen molar-refractivity contribution in [3.63, 3.8) is 0 Å². The zero-order chi connectivity index (χ0) is 14.2. The lowest BCUT2D eigenvalue weighted by atomic mass is 10.1. The van der Waals surface area contributed by atoms with E-state index in [1.165, 1.54) is 0 Å². The van der Waals surface area contributed by atoms with Gasteiger partial charge in [0.25, 0.3) is 0 Å². The second kappa shape index (κ2) is 7.56. The Hall–Kier alpha value is -2.00. The fraction of sp³-hybridized carbons (Fsp3) is 0.294. The third-order valence-electron chi connectivity index (χ3n) is 3.17. The summed E-state index contributed by atoms with van der Waals surface area (Å²) in [6.45, 7) is 3.18. The molecule has 0 radical (unpaired) electrons. The second-order valence-electron chi connectivity index (χ2n) is 4.56. The van der Waals surface area contributed by atoms with Gasteiger partial charge in [0.05, 0.1) is 0 Å². The van der Waals surface area contributed by atoms with Crippen molar-refractivity contribution >= 4 is 0 Å². The first-order chi connectivity index (χ1) is 9.81. The zero-order valence-electron chi connectivity index (χ0n) is 12.0. The van der Waals surface area contributed by atoms with Gasteiger partial charge in [0.15, 0.2) is 0 Å². The minimum atomic E-state index is 0.265. The van der Waals surface area contributed by atoms with Crippen molar-refractivity contribution in [2.75, 3.05) is 20.3 Å². The molecule has 0 spiro atoms. The third-order valence-corrected chi connectivity index (χ3v) is 3.17. The maximum absolute atomic E-state index is 5.82. The summed E-state index contributed by atoms with van der Waals surface area (Å²) >= 11 is 0. The quantitative estimate of drug-likeness (QED) is 0.783. The molecule has 3 heteroatoms. The van der Waals surface area contributed by atoms with Gasteiger partial charge in [0.1, 0.15) is 24.7 Å². The van der Waals surface area contributed by atoms with E-state index in [9.17, 15) is 0 Å². The summed E-state index contributed by atoms with van der Waals surface area (Å²) in [6.07, 6.45) is 0. The Balaban J connectivity index is 1.85. The number of nitrogens with one attached hydrogen (secondary N) is 1. The molecular weight excluding hydrogens is 250 g/mol. The summed E-state index contributed by atoms with van der Waals surface area (Å²) in [7, 11) is 1.94. The van der Waals surface area contributed by atoms with Crippen LogP contribution < -0.4 is 14.8 Å². The average molecular weight is 271 g/mol. The first-order valence-electron chi connectivity index (χ1n) is 6.88. The lowest BCUT2D eigenvalue weighted by molar-refractivity contribution is 0.215. The Morgan fingerprint density at radius 3 is 2.30 bits per heavy atom. The lowest BCUT2D eigenvalue weighted by Crippen LogP contribution is -2.15. The number of para-hydroxylation sites is 2. The largest absolute Gasteiger partial charge is 0.490 e. The molecule has 0 saturated carbocycles. The van der Waals surface area contributed by atoms with E-state index in [1.54, 1.807) is 0 Å². The van der Waals surface area contributed by atoms with Crippen molar-refractivity contribution in [2.45, 2.75) is 13.0 Å². The van der Waals surface area contributed by atoms with Crippen molar-refractivity contribution < 1.29 is 9.47 Å². The van der Waals surface area contributed by atoms with Gasteiger partial charge in [0, 0.05) is 11.6 Å². The van der Waals surface area contributed by atoms with E-state index in [2.05, 4.69) is 18.3 Å². The average Bonchev–Trinajstić information content (AvgIpc) is 2.52.